The van der Waals surface area contributed by atoms with E-state index >= 15 is 0 Å². The van der Waals surface area contributed by atoms with Crippen LogP contribution in [0.3, 0.4) is 0 Å². The van der Waals surface area contributed by atoms with Crippen LogP contribution in [0.5, 0.6) is 0 Å². The van der Waals surface area contributed by atoms with Gasteiger partial charge in [-0.25, -0.2) is 0 Å². The molecule has 0 amide bonds. The Morgan fingerprint density at radius 2 is 1.93 bits per heavy atom. The van der Waals surface area contributed by atoms with Crippen LogP contribution in [-0.2, 0) is 0 Å². The van der Waals surface area contributed by atoms with Crippen LogP contribution in [0.1, 0.15) is 5.56 Å². The van der Waals surface area contributed by atoms with Crippen LogP contribution in [0, 0.1) is 21.8 Å². The van der Waals surface area contributed by atoms with E-state index in [1.807, 2.05) is 6.07 Å². The van der Waals surface area contributed by atoms with E-state index in [-0.39, 0.29) is 0 Å². The van der Waals surface area contributed by atoms with Gasteiger partial charge < -0.3 is 0 Å². The fourth-order valence-electron chi connectivity index (χ4n) is 1.39. The molecule has 1 aliphatic rings. The maximum absolute atomic E-state index is 2.45. The number of rotatable bonds is 2. The zero-order valence-electron chi connectivity index (χ0n) is 8.86. The molecule has 1 heterocycles. The van der Waals surface area contributed by atoms with Gasteiger partial charge in [0.15, 0.2) is 0 Å². The first-order chi connectivity index (χ1) is 7.34. The summed E-state index contributed by atoms with van der Waals surface area (Å²) < 4.78 is 6.22. The second kappa shape index (κ2) is 5.42. The van der Waals surface area contributed by atoms with Gasteiger partial charge in [-0.1, -0.05) is 0 Å². The van der Waals surface area contributed by atoms with Crippen LogP contribution in [0.2, 0.25) is 8.76 Å². The van der Waals surface area contributed by atoms with Crippen molar-refractivity contribution in [1.29, 1.82) is 0 Å². The van der Waals surface area contributed by atoms with Crippen LogP contribution in [0.4, 0.5) is 0 Å². The quantitative estimate of drug-likeness (QED) is 0.705. The molecule has 1 aromatic rings. The molecule has 0 fully saturated rings. The monoisotopic (exact) mass is 393 g/mol. The van der Waals surface area contributed by atoms with E-state index in [1.54, 1.807) is 0 Å². The number of benzene rings is 1. The summed E-state index contributed by atoms with van der Waals surface area (Å²) in [5, 5.41) is 0. The number of hydrogen-bond acceptors (Lipinski definition) is 0. The van der Waals surface area contributed by atoms with Gasteiger partial charge in [-0.2, -0.15) is 0 Å². The van der Waals surface area contributed by atoms with Crippen molar-refractivity contribution in [2.75, 3.05) is 0 Å². The molecule has 1 aliphatic heterocycles. The molecule has 0 atom stereocenters. The summed E-state index contributed by atoms with van der Waals surface area (Å²) in [4.78, 5) is 0. The Kier molecular flexibility index (Phi) is 3.91. The third-order valence-electron chi connectivity index (χ3n) is 2.29. The average molecular weight is 393 g/mol. The fraction of sp³-hybridized carbons (Fsp3) is 0.143. The Morgan fingerprint density at radius 1 is 1.13 bits per heavy atom. The van der Waals surface area contributed by atoms with Gasteiger partial charge in [-0.05, 0) is 0 Å². The molecule has 0 bridgehead atoms. The minimum atomic E-state index is -0.928. The molecule has 0 nitrogen and oxygen atoms in total. The van der Waals surface area contributed by atoms with Crippen molar-refractivity contribution in [2.24, 2.45) is 0 Å². The third-order valence-corrected chi connectivity index (χ3v) is 6.95. The van der Waals surface area contributed by atoms with Crippen molar-refractivity contribution in [2.45, 2.75) is 8.76 Å². The molecule has 0 N–H and O–H groups in total. The summed E-state index contributed by atoms with van der Waals surface area (Å²) in [6.07, 6.45) is 9.05. The first-order valence-corrected chi connectivity index (χ1v) is 11.7. The van der Waals surface area contributed by atoms with Gasteiger partial charge in [0.1, 0.15) is 0 Å². The molecule has 78 valence electrons. The SMILES string of the molecule is C[At]1C=CC(/C=C/c2ccccc2)=CC1. The molecular weight excluding hydrogens is 378 g/mol. The molecule has 0 saturated heterocycles. The third kappa shape index (κ3) is 3.43. The van der Waals surface area contributed by atoms with Gasteiger partial charge in [-0.15, -0.1) is 0 Å². The van der Waals surface area contributed by atoms with E-state index in [4.69, 9.17) is 0 Å². The standard InChI is InChI=1S/C14H15At/c1-15-11-9-14(10-12-15)8-7-13-5-3-2-4-6-13/h2-11H,12H2,1H3/b8-7+. The molecule has 0 spiro atoms. The van der Waals surface area contributed by atoms with Crippen molar-refractivity contribution in [1.82, 2.24) is 0 Å². The van der Waals surface area contributed by atoms with E-state index in [9.17, 15) is 0 Å². The van der Waals surface area contributed by atoms with E-state index in [2.05, 4.69) is 57.0 Å². The Labute approximate surface area is 99.7 Å². The van der Waals surface area contributed by atoms with E-state index in [0.717, 1.165) is 0 Å². The van der Waals surface area contributed by atoms with Gasteiger partial charge in [0.2, 0.25) is 0 Å². The normalized spacial score (nSPS) is 18.2. The zero-order chi connectivity index (χ0) is 10.5. The van der Waals surface area contributed by atoms with Crippen molar-refractivity contribution < 1.29 is 21.8 Å². The predicted octanol–water partition coefficient (Wildman–Crippen LogP) is 4.24. The summed E-state index contributed by atoms with van der Waals surface area (Å²) in [7, 11) is 0. The Bertz CT molecular complexity index is 399. The van der Waals surface area contributed by atoms with Crippen molar-refractivity contribution >= 4 is 6.08 Å². The topological polar surface area (TPSA) is 0 Å². The Balaban J connectivity index is 2.04. The molecule has 0 aromatic heterocycles. The first kappa shape index (κ1) is 10.8. The van der Waals surface area contributed by atoms with Gasteiger partial charge in [0.25, 0.3) is 0 Å². The molecule has 0 unspecified atom stereocenters. The van der Waals surface area contributed by atoms with Crippen LogP contribution in [-0.4, -0.2) is 0 Å². The van der Waals surface area contributed by atoms with Gasteiger partial charge in [-0.3, -0.25) is 0 Å². The molecule has 0 aliphatic carbocycles. The molecule has 1 heteroatoms. The molecule has 15 heavy (non-hydrogen) atoms. The van der Waals surface area contributed by atoms with Gasteiger partial charge in [0, 0.05) is 0 Å². The predicted molar refractivity (Wildman–Crippen MR) is 63.4 cm³/mol. The first-order valence-electron chi connectivity index (χ1n) is 5.00. The fourth-order valence-corrected chi connectivity index (χ4v) is 4.83. The Hall–Kier alpha value is -0.677. The molecule has 0 radical (unpaired) electrons. The summed E-state index contributed by atoms with van der Waals surface area (Å²) in [6.45, 7) is 0. The van der Waals surface area contributed by atoms with Gasteiger partial charge in [0.05, 0.1) is 0 Å². The average Bonchev–Trinajstić information content (AvgIpc) is 2.30. The van der Waals surface area contributed by atoms with Crippen molar-refractivity contribution in [3.05, 3.63) is 63.5 Å². The van der Waals surface area contributed by atoms with Crippen molar-refractivity contribution in [3.63, 3.8) is 0 Å². The Morgan fingerprint density at radius 3 is 2.60 bits per heavy atom. The second-order valence-electron chi connectivity index (χ2n) is 3.53. The van der Waals surface area contributed by atoms with Crippen LogP contribution in [0.25, 0.3) is 6.08 Å². The van der Waals surface area contributed by atoms with Crippen LogP contribution in [0.15, 0.2) is 57.9 Å². The second-order valence-corrected chi connectivity index (χ2v) is 10.7. The van der Waals surface area contributed by atoms with E-state index in [1.165, 1.54) is 15.3 Å². The number of allylic oxidation sites excluding steroid dienone is 4. The van der Waals surface area contributed by atoms with Gasteiger partial charge >= 0.3 is 100 Å². The summed E-state index contributed by atoms with van der Waals surface area (Å²) in [6, 6.07) is 10.4. The minimum absolute atomic E-state index is 0.928. The van der Waals surface area contributed by atoms with E-state index < -0.39 is 21.8 Å². The van der Waals surface area contributed by atoms with Crippen molar-refractivity contribution in [3.8, 4) is 0 Å². The van der Waals surface area contributed by atoms with Crippen LogP contribution >= 0.6 is 0 Å². The summed E-state index contributed by atoms with van der Waals surface area (Å²) in [5.41, 5.74) is 2.63. The zero-order valence-corrected chi connectivity index (χ0v) is 11.8. The van der Waals surface area contributed by atoms with Crippen LogP contribution < -0.4 is 0 Å². The molecule has 0 saturated carbocycles. The number of hydrogen-bond donors (Lipinski definition) is 0. The summed E-state index contributed by atoms with van der Waals surface area (Å²) in [5.74, 6) is 0. The summed E-state index contributed by atoms with van der Waals surface area (Å²) >= 11 is -0.928. The van der Waals surface area contributed by atoms with E-state index in [0.29, 0.717) is 0 Å². The maximum atomic E-state index is 2.45. The molecule has 2 rings (SSSR count). The molecule has 1 aromatic carbocycles. The molecular formula is C14H15At.